The van der Waals surface area contributed by atoms with Gasteiger partial charge in [0.15, 0.2) is 0 Å². The molecule has 1 radical (unpaired) electrons. The van der Waals surface area contributed by atoms with Gasteiger partial charge in [0.1, 0.15) is 0 Å². The highest BCUT2D eigenvalue weighted by Crippen LogP contribution is 2.13. The van der Waals surface area contributed by atoms with Gasteiger partial charge < -0.3 is 0 Å². The van der Waals surface area contributed by atoms with Crippen molar-refractivity contribution >= 4 is 0 Å². The van der Waals surface area contributed by atoms with Crippen molar-refractivity contribution in [3.05, 3.63) is 29.7 Å². The van der Waals surface area contributed by atoms with Crippen molar-refractivity contribution in [3.8, 4) is 0 Å². The lowest BCUT2D eigenvalue weighted by molar-refractivity contribution is 1.48. The minimum absolute atomic E-state index is 1.36. The Bertz CT molecular complexity index is 127. The Morgan fingerprint density at radius 1 is 1.14 bits per heavy atom. The van der Waals surface area contributed by atoms with Gasteiger partial charge in [-0.1, -0.05) is 23.3 Å². The van der Waals surface area contributed by atoms with E-state index in [1.165, 1.54) is 11.1 Å². The molecule has 0 bridgehead atoms. The summed E-state index contributed by atoms with van der Waals surface area (Å²) in [5, 5.41) is 0. The molecule has 0 spiro atoms. The molecular weight excluding hydrogens is 84.1 g/mol. The van der Waals surface area contributed by atoms with Crippen molar-refractivity contribution in [2.45, 2.75) is 13.8 Å². The van der Waals surface area contributed by atoms with E-state index in [4.69, 9.17) is 0 Å². The average molecular weight is 93.1 g/mol. The molecule has 0 heterocycles. The lowest BCUT2D eigenvalue weighted by atomic mass is 10.3. The topological polar surface area (TPSA) is 0 Å². The summed E-state index contributed by atoms with van der Waals surface area (Å²) in [7, 11) is 0. The van der Waals surface area contributed by atoms with E-state index in [0.717, 1.165) is 0 Å². The Balaban J connectivity index is 2.69. The third-order valence-electron chi connectivity index (χ3n) is 1.06. The highest BCUT2D eigenvalue weighted by atomic mass is 14.0. The van der Waals surface area contributed by atoms with Gasteiger partial charge in [-0.25, -0.2) is 0 Å². The van der Waals surface area contributed by atoms with Crippen LogP contribution in [-0.2, 0) is 0 Å². The van der Waals surface area contributed by atoms with Crippen LogP contribution in [0.25, 0.3) is 0 Å². The first-order valence-corrected chi connectivity index (χ1v) is 2.49. The lowest BCUT2D eigenvalue weighted by Gasteiger charge is -1.79. The number of rotatable bonds is 0. The molecule has 0 aromatic heterocycles. The fourth-order valence-corrected chi connectivity index (χ4v) is 0.718. The van der Waals surface area contributed by atoms with Gasteiger partial charge in [0.25, 0.3) is 0 Å². The minimum atomic E-state index is 1.36. The smallest absolute Gasteiger partial charge is 0.00834 e. The van der Waals surface area contributed by atoms with E-state index in [1.807, 2.05) is 0 Å². The molecule has 0 heteroatoms. The third-order valence-corrected chi connectivity index (χ3v) is 1.06. The highest BCUT2D eigenvalue weighted by Gasteiger charge is 1.94. The summed E-state index contributed by atoms with van der Waals surface area (Å²) in [6.45, 7) is 4.21. The van der Waals surface area contributed by atoms with Gasteiger partial charge in [0, 0.05) is 6.42 Å². The Kier molecular flexibility index (Phi) is 1.01. The average Bonchev–Trinajstić information content (AvgIpc) is 1.87. The molecule has 0 nitrogen and oxygen atoms in total. The molecule has 7 heavy (non-hydrogen) atoms. The number of hydrogen-bond donors (Lipinski definition) is 0. The second-order valence-corrected chi connectivity index (χ2v) is 1.97. The maximum atomic E-state index is 2.17. The molecule has 0 saturated carbocycles. The van der Waals surface area contributed by atoms with E-state index in [1.54, 1.807) is 0 Å². The molecule has 0 aromatic rings. The van der Waals surface area contributed by atoms with Gasteiger partial charge >= 0.3 is 0 Å². The highest BCUT2D eigenvalue weighted by molar-refractivity contribution is 5.38. The zero-order chi connectivity index (χ0) is 5.28. The van der Waals surface area contributed by atoms with Crippen LogP contribution in [0.15, 0.2) is 23.3 Å². The van der Waals surface area contributed by atoms with E-state index >= 15 is 0 Å². The van der Waals surface area contributed by atoms with Crippen LogP contribution in [-0.4, -0.2) is 0 Å². The minimum Gasteiger partial charge on any atom is -0.0735 e. The Morgan fingerprint density at radius 2 is 1.86 bits per heavy atom. The first-order chi connectivity index (χ1) is 3.29. The fraction of sp³-hybridized carbons (Fsp3) is 0.286. The predicted molar refractivity (Wildman–Crippen MR) is 31.8 cm³/mol. The SMILES string of the molecule is CC1=CC(C)=C[CH]1. The Labute approximate surface area is 44.5 Å². The Morgan fingerprint density at radius 3 is 2.00 bits per heavy atom. The van der Waals surface area contributed by atoms with Gasteiger partial charge in [-0.2, -0.15) is 0 Å². The maximum absolute atomic E-state index is 2.17. The molecule has 0 N–H and O–H groups in total. The van der Waals surface area contributed by atoms with E-state index in [0.29, 0.717) is 0 Å². The van der Waals surface area contributed by atoms with Crippen LogP contribution in [0.5, 0.6) is 0 Å². The number of allylic oxidation sites excluding steroid dienone is 4. The summed E-state index contributed by atoms with van der Waals surface area (Å²) in [5.74, 6) is 0. The largest absolute Gasteiger partial charge is 0.0735 e. The summed E-state index contributed by atoms with van der Waals surface area (Å²) in [5.41, 5.74) is 2.72. The molecule has 1 aliphatic rings. The molecule has 0 saturated heterocycles. The molecule has 37 valence electrons. The van der Waals surface area contributed by atoms with Crippen LogP contribution in [0.1, 0.15) is 13.8 Å². The normalized spacial score (nSPS) is 19.1. The zero-order valence-electron chi connectivity index (χ0n) is 4.73. The quantitative estimate of drug-likeness (QED) is 0.430. The van der Waals surface area contributed by atoms with Gasteiger partial charge in [-0.3, -0.25) is 0 Å². The van der Waals surface area contributed by atoms with Crippen LogP contribution in [0.2, 0.25) is 0 Å². The third kappa shape index (κ3) is 0.923. The van der Waals surface area contributed by atoms with Crippen molar-refractivity contribution in [2.75, 3.05) is 0 Å². The molecule has 1 aliphatic carbocycles. The van der Waals surface area contributed by atoms with Crippen molar-refractivity contribution in [1.29, 1.82) is 0 Å². The number of hydrogen-bond acceptors (Lipinski definition) is 0. The van der Waals surface area contributed by atoms with E-state index in [-0.39, 0.29) is 0 Å². The monoisotopic (exact) mass is 93.1 g/mol. The van der Waals surface area contributed by atoms with E-state index in [2.05, 4.69) is 32.4 Å². The van der Waals surface area contributed by atoms with Gasteiger partial charge in [-0.05, 0) is 13.8 Å². The standard InChI is InChI=1S/C7H9/c1-6-3-4-7(2)5-6/h3-5H,1-2H3. The molecule has 0 fully saturated rings. The van der Waals surface area contributed by atoms with Gasteiger partial charge in [0.05, 0.1) is 0 Å². The molecular formula is C7H9. The predicted octanol–water partition coefficient (Wildman–Crippen LogP) is 2.10. The van der Waals surface area contributed by atoms with Crippen molar-refractivity contribution in [2.24, 2.45) is 0 Å². The van der Waals surface area contributed by atoms with E-state index in [9.17, 15) is 0 Å². The van der Waals surface area contributed by atoms with Crippen molar-refractivity contribution < 1.29 is 0 Å². The fourth-order valence-electron chi connectivity index (χ4n) is 0.718. The summed E-state index contributed by atoms with van der Waals surface area (Å²) in [6, 6.07) is 0. The second kappa shape index (κ2) is 1.53. The molecule has 1 rings (SSSR count). The van der Waals surface area contributed by atoms with Crippen LogP contribution in [0.3, 0.4) is 0 Å². The Hall–Kier alpha value is -0.520. The summed E-state index contributed by atoms with van der Waals surface area (Å²) in [6.07, 6.45) is 6.41. The van der Waals surface area contributed by atoms with Crippen molar-refractivity contribution in [1.82, 2.24) is 0 Å². The second-order valence-electron chi connectivity index (χ2n) is 1.97. The van der Waals surface area contributed by atoms with Gasteiger partial charge in [0.2, 0.25) is 0 Å². The van der Waals surface area contributed by atoms with Gasteiger partial charge in [-0.15, -0.1) is 0 Å². The summed E-state index contributed by atoms with van der Waals surface area (Å²) >= 11 is 0. The van der Waals surface area contributed by atoms with Crippen molar-refractivity contribution in [3.63, 3.8) is 0 Å². The molecule has 0 aromatic carbocycles. The lowest BCUT2D eigenvalue weighted by Crippen LogP contribution is -1.60. The van der Waals surface area contributed by atoms with Crippen LogP contribution >= 0.6 is 0 Å². The first-order valence-electron chi connectivity index (χ1n) is 2.49. The summed E-state index contributed by atoms with van der Waals surface area (Å²) < 4.78 is 0. The molecule has 0 aliphatic heterocycles. The van der Waals surface area contributed by atoms with Crippen LogP contribution < -0.4 is 0 Å². The molecule has 0 atom stereocenters. The first kappa shape index (κ1) is 4.63. The zero-order valence-corrected chi connectivity index (χ0v) is 4.73. The van der Waals surface area contributed by atoms with Crippen LogP contribution in [0, 0.1) is 6.42 Å². The molecule has 0 unspecified atom stereocenters. The molecule has 0 amide bonds. The maximum Gasteiger partial charge on any atom is 0.00834 e. The van der Waals surface area contributed by atoms with E-state index < -0.39 is 0 Å². The van der Waals surface area contributed by atoms with Crippen LogP contribution in [0.4, 0.5) is 0 Å². The summed E-state index contributed by atoms with van der Waals surface area (Å²) in [4.78, 5) is 0.